The SMILES string of the molecule is c1ccc([Si](c2ccccc2)(c2ccccc2)c2ccc(N(c3ccc(-c4ccc5c6ccccc6c6ccccc6c5c4)cc3)c3cccc4c3oc3ccccc34)cc2)cc1. The second-order valence-corrected chi connectivity index (χ2v) is 20.2. The van der Waals surface area contributed by atoms with Crippen LogP contribution in [0.15, 0.2) is 253 Å². The van der Waals surface area contributed by atoms with Crippen molar-refractivity contribution < 1.29 is 4.42 Å². The van der Waals surface area contributed by atoms with E-state index >= 15 is 0 Å². The lowest BCUT2D eigenvalue weighted by Gasteiger charge is -2.35. The van der Waals surface area contributed by atoms with Crippen molar-refractivity contribution >= 4 is 100 Å². The Balaban J connectivity index is 1.02. The Kier molecular flexibility index (Phi) is 8.87. The van der Waals surface area contributed by atoms with Crippen LogP contribution in [-0.2, 0) is 0 Å². The molecule has 0 atom stereocenters. The number of anilines is 3. The third kappa shape index (κ3) is 6.00. The van der Waals surface area contributed by atoms with E-state index < -0.39 is 8.07 Å². The van der Waals surface area contributed by atoms with E-state index in [0.717, 1.165) is 39.0 Å². The molecule has 12 aromatic rings. The molecular weight excluding hydrogens is 779 g/mol. The Bertz CT molecular complexity index is 3470. The molecule has 0 fully saturated rings. The van der Waals surface area contributed by atoms with Crippen molar-refractivity contribution in [3.63, 3.8) is 0 Å². The van der Waals surface area contributed by atoms with Gasteiger partial charge in [0.25, 0.3) is 0 Å². The van der Waals surface area contributed by atoms with Gasteiger partial charge in [-0.05, 0) is 107 Å². The normalized spacial score (nSPS) is 11.8. The lowest BCUT2D eigenvalue weighted by atomic mass is 9.92. The topological polar surface area (TPSA) is 16.4 Å². The number of hydrogen-bond acceptors (Lipinski definition) is 2. The zero-order chi connectivity index (χ0) is 41.7. The third-order valence-corrected chi connectivity index (χ3v) is 17.8. The minimum absolute atomic E-state index is 0.863. The summed E-state index contributed by atoms with van der Waals surface area (Å²) in [5, 5.41) is 15.3. The molecule has 0 unspecified atom stereocenters. The Morgan fingerprint density at radius 2 is 0.698 bits per heavy atom. The third-order valence-electron chi connectivity index (χ3n) is 13.0. The minimum atomic E-state index is -2.72. The van der Waals surface area contributed by atoms with Gasteiger partial charge in [0.1, 0.15) is 5.58 Å². The van der Waals surface area contributed by atoms with Crippen LogP contribution in [0.5, 0.6) is 0 Å². The molecule has 0 saturated carbocycles. The highest BCUT2D eigenvalue weighted by Gasteiger charge is 2.41. The number of benzene rings is 11. The zero-order valence-electron chi connectivity index (χ0n) is 34.5. The van der Waals surface area contributed by atoms with E-state index in [9.17, 15) is 0 Å². The predicted octanol–water partition coefficient (Wildman–Crippen LogP) is 13.6. The van der Waals surface area contributed by atoms with E-state index in [1.54, 1.807) is 0 Å². The largest absolute Gasteiger partial charge is 0.454 e. The lowest BCUT2D eigenvalue weighted by molar-refractivity contribution is 0.669. The van der Waals surface area contributed by atoms with Gasteiger partial charge in [0.15, 0.2) is 13.7 Å². The van der Waals surface area contributed by atoms with Gasteiger partial charge in [-0.25, -0.2) is 0 Å². The molecule has 0 amide bonds. The molecule has 12 rings (SSSR count). The maximum Gasteiger partial charge on any atom is 0.179 e. The van der Waals surface area contributed by atoms with E-state index in [1.807, 2.05) is 6.07 Å². The predicted molar refractivity (Wildman–Crippen MR) is 270 cm³/mol. The molecule has 296 valence electrons. The first kappa shape index (κ1) is 36.8. The van der Waals surface area contributed by atoms with Gasteiger partial charge in [0.05, 0.1) is 5.69 Å². The number of hydrogen-bond donors (Lipinski definition) is 0. The molecule has 0 radical (unpaired) electrons. The summed E-state index contributed by atoms with van der Waals surface area (Å²) in [6, 6.07) is 91.0. The van der Waals surface area contributed by atoms with E-state index in [2.05, 4.69) is 248 Å². The average molecular weight is 820 g/mol. The second-order valence-electron chi connectivity index (χ2n) is 16.4. The fourth-order valence-corrected chi connectivity index (χ4v) is 14.9. The standard InChI is InChI=1S/C60H41NOSi/c1-4-17-46(18-5-1)63(47-19-6-2-7-20-47,48-21-8-3-9-22-48)49-38-36-45(37-39-49)61(58-29-16-28-56-55-27-14-15-30-59(55)62-60(56)58)44-34-31-42(32-35-44)43-33-40-54-52-25-11-10-23-50(52)51-24-12-13-26-53(51)57(54)41-43/h1-41H. The average Bonchev–Trinajstić information content (AvgIpc) is 3.76. The van der Waals surface area contributed by atoms with Crippen LogP contribution in [-0.4, -0.2) is 8.07 Å². The highest BCUT2D eigenvalue weighted by atomic mass is 28.3. The molecule has 0 N–H and O–H groups in total. The van der Waals surface area contributed by atoms with Crippen LogP contribution in [0.1, 0.15) is 0 Å². The first-order valence-corrected chi connectivity index (χ1v) is 23.7. The fourth-order valence-electron chi connectivity index (χ4n) is 10.2. The van der Waals surface area contributed by atoms with E-state index in [-0.39, 0.29) is 0 Å². The molecule has 0 aliphatic carbocycles. The summed E-state index contributed by atoms with van der Waals surface area (Å²) in [7, 11) is -2.72. The van der Waals surface area contributed by atoms with Gasteiger partial charge in [-0.3, -0.25) is 0 Å². The molecule has 0 aliphatic heterocycles. The van der Waals surface area contributed by atoms with Crippen LogP contribution in [0.4, 0.5) is 17.1 Å². The summed E-state index contributed by atoms with van der Waals surface area (Å²) < 4.78 is 6.72. The molecule has 0 saturated heterocycles. The van der Waals surface area contributed by atoms with Crippen molar-refractivity contribution in [2.75, 3.05) is 4.90 Å². The highest BCUT2D eigenvalue weighted by molar-refractivity contribution is 7.19. The van der Waals surface area contributed by atoms with Gasteiger partial charge >= 0.3 is 0 Å². The van der Waals surface area contributed by atoms with Crippen molar-refractivity contribution in [3.05, 3.63) is 249 Å². The summed E-state index contributed by atoms with van der Waals surface area (Å²) in [5.74, 6) is 0. The van der Waals surface area contributed by atoms with Crippen LogP contribution in [0.2, 0.25) is 0 Å². The Morgan fingerprint density at radius 3 is 1.25 bits per heavy atom. The van der Waals surface area contributed by atoms with E-state index in [1.165, 1.54) is 64.2 Å². The van der Waals surface area contributed by atoms with Crippen molar-refractivity contribution in [3.8, 4) is 11.1 Å². The molecule has 3 heteroatoms. The number of furan rings is 1. The van der Waals surface area contributed by atoms with Crippen molar-refractivity contribution in [1.82, 2.24) is 0 Å². The van der Waals surface area contributed by atoms with Gasteiger partial charge < -0.3 is 9.32 Å². The summed E-state index contributed by atoms with van der Waals surface area (Å²) in [4.78, 5) is 2.36. The molecule has 11 aromatic carbocycles. The van der Waals surface area contributed by atoms with Gasteiger partial charge in [-0.2, -0.15) is 0 Å². The maximum atomic E-state index is 6.72. The first-order chi connectivity index (χ1) is 31.3. The zero-order valence-corrected chi connectivity index (χ0v) is 35.5. The molecular formula is C60H41NOSi. The Hall–Kier alpha value is -7.98. The molecule has 0 aliphatic rings. The summed E-state index contributed by atoms with van der Waals surface area (Å²) in [6.07, 6.45) is 0. The highest BCUT2D eigenvalue weighted by Crippen LogP contribution is 2.43. The van der Waals surface area contributed by atoms with Gasteiger partial charge in [0.2, 0.25) is 0 Å². The monoisotopic (exact) mass is 819 g/mol. The molecule has 0 bridgehead atoms. The summed E-state index contributed by atoms with van der Waals surface area (Å²) in [6.45, 7) is 0. The van der Waals surface area contributed by atoms with Gasteiger partial charge in [0, 0.05) is 22.1 Å². The number of rotatable bonds is 8. The fraction of sp³-hybridized carbons (Fsp3) is 0. The lowest BCUT2D eigenvalue weighted by Crippen LogP contribution is -2.74. The van der Waals surface area contributed by atoms with Gasteiger partial charge in [-0.15, -0.1) is 0 Å². The van der Waals surface area contributed by atoms with Crippen molar-refractivity contribution in [1.29, 1.82) is 0 Å². The first-order valence-electron chi connectivity index (χ1n) is 21.7. The van der Waals surface area contributed by atoms with E-state index in [4.69, 9.17) is 4.42 Å². The summed E-state index contributed by atoms with van der Waals surface area (Å²) in [5.41, 5.74) is 7.20. The molecule has 1 aromatic heterocycles. The Morgan fingerprint density at radius 1 is 0.286 bits per heavy atom. The van der Waals surface area contributed by atoms with E-state index in [0.29, 0.717) is 0 Å². The Labute approximate surface area is 367 Å². The van der Waals surface area contributed by atoms with Crippen LogP contribution < -0.4 is 25.6 Å². The van der Waals surface area contributed by atoms with Crippen LogP contribution in [0, 0.1) is 0 Å². The smallest absolute Gasteiger partial charge is 0.179 e. The van der Waals surface area contributed by atoms with Gasteiger partial charge in [-0.1, -0.05) is 206 Å². The van der Waals surface area contributed by atoms with Crippen LogP contribution in [0.25, 0.3) is 65.4 Å². The maximum absolute atomic E-state index is 6.72. The summed E-state index contributed by atoms with van der Waals surface area (Å²) >= 11 is 0. The number of fused-ring (bicyclic) bond motifs is 9. The van der Waals surface area contributed by atoms with Crippen molar-refractivity contribution in [2.24, 2.45) is 0 Å². The second kappa shape index (κ2) is 15.2. The van der Waals surface area contributed by atoms with Crippen LogP contribution in [0.3, 0.4) is 0 Å². The van der Waals surface area contributed by atoms with Crippen molar-refractivity contribution in [2.45, 2.75) is 0 Å². The minimum Gasteiger partial charge on any atom is -0.454 e. The number of nitrogens with zero attached hydrogens (tertiary/aromatic N) is 1. The molecule has 2 nitrogen and oxygen atoms in total. The quantitative estimate of drug-likeness (QED) is 0.0863. The van der Waals surface area contributed by atoms with Crippen LogP contribution >= 0.6 is 0 Å². The molecule has 63 heavy (non-hydrogen) atoms. The molecule has 0 spiro atoms. The molecule has 1 heterocycles. The number of para-hydroxylation sites is 2.